The maximum absolute atomic E-state index is 12.4. The van der Waals surface area contributed by atoms with Crippen molar-refractivity contribution in [2.75, 3.05) is 50.1 Å². The fraction of sp³-hybridized carbons (Fsp3) is 0.333. The van der Waals surface area contributed by atoms with Gasteiger partial charge in [0.2, 0.25) is 11.6 Å². The number of halogens is 2. The Morgan fingerprint density at radius 3 is 2.70 bits per heavy atom. The first-order valence-electron chi connectivity index (χ1n) is 8.90. The number of aromatic nitrogens is 1. The van der Waals surface area contributed by atoms with Crippen molar-refractivity contribution in [2.45, 2.75) is 0 Å². The number of thiazole rings is 1. The van der Waals surface area contributed by atoms with Crippen molar-refractivity contribution in [1.82, 2.24) is 9.88 Å². The van der Waals surface area contributed by atoms with Gasteiger partial charge in [-0.05, 0) is 12.1 Å². The van der Waals surface area contributed by atoms with Crippen LogP contribution in [-0.4, -0.2) is 72.4 Å². The number of rotatable bonds is 7. The SMILES string of the molecule is CO/N=C(\C(=O)O)c1csc(NC(=O)CN2CCN(c3cccc(Cl)c3Cl)CC2)n1. The van der Waals surface area contributed by atoms with Crippen molar-refractivity contribution >= 4 is 62.9 Å². The van der Waals surface area contributed by atoms with Crippen LogP contribution in [0.1, 0.15) is 5.69 Å². The highest BCUT2D eigenvalue weighted by atomic mass is 35.5. The van der Waals surface area contributed by atoms with E-state index < -0.39 is 5.97 Å². The lowest BCUT2D eigenvalue weighted by molar-refractivity contribution is -0.129. The molecule has 0 atom stereocenters. The standard InChI is InChI=1S/C18H19Cl2N5O4S/c1-29-23-16(17(27)28)12-10-30-18(21-12)22-14(26)9-24-5-7-25(8-6-24)13-4-2-3-11(19)15(13)20/h2-4,10H,5-9H2,1H3,(H,27,28)(H,21,22,26)/b23-16-. The van der Waals surface area contributed by atoms with Crippen LogP contribution in [0.5, 0.6) is 0 Å². The number of benzene rings is 1. The molecule has 0 unspecified atom stereocenters. The third-order valence-electron chi connectivity index (χ3n) is 4.39. The summed E-state index contributed by atoms with van der Waals surface area (Å²) in [4.78, 5) is 36.3. The van der Waals surface area contributed by atoms with Gasteiger partial charge in [0.25, 0.3) is 0 Å². The molecule has 0 bridgehead atoms. The summed E-state index contributed by atoms with van der Waals surface area (Å²) in [7, 11) is 1.25. The molecule has 1 aliphatic rings. The number of carbonyl (C=O) groups is 2. The first-order valence-corrected chi connectivity index (χ1v) is 10.5. The lowest BCUT2D eigenvalue weighted by atomic mass is 10.2. The Labute approximate surface area is 186 Å². The second-order valence-corrected chi connectivity index (χ2v) is 7.99. The lowest BCUT2D eigenvalue weighted by Crippen LogP contribution is -2.48. The summed E-state index contributed by atoms with van der Waals surface area (Å²) in [5, 5.41) is 18.1. The number of piperazine rings is 1. The van der Waals surface area contributed by atoms with Crippen LogP contribution in [0.3, 0.4) is 0 Å². The van der Waals surface area contributed by atoms with Gasteiger partial charge >= 0.3 is 5.97 Å². The van der Waals surface area contributed by atoms with Gasteiger partial charge in [0, 0.05) is 31.6 Å². The van der Waals surface area contributed by atoms with Crippen molar-refractivity contribution in [3.8, 4) is 0 Å². The first-order chi connectivity index (χ1) is 14.4. The quantitative estimate of drug-likeness (QED) is 0.471. The molecule has 30 heavy (non-hydrogen) atoms. The van der Waals surface area contributed by atoms with Gasteiger partial charge in [-0.25, -0.2) is 9.78 Å². The van der Waals surface area contributed by atoms with Crippen LogP contribution < -0.4 is 10.2 Å². The third-order valence-corrected chi connectivity index (χ3v) is 5.96. The molecular formula is C18H19Cl2N5O4S. The minimum Gasteiger partial charge on any atom is -0.476 e. The van der Waals surface area contributed by atoms with Gasteiger partial charge in [0.15, 0.2) is 5.13 Å². The predicted molar refractivity (Wildman–Crippen MR) is 117 cm³/mol. The Hall–Kier alpha value is -2.40. The van der Waals surface area contributed by atoms with Crippen molar-refractivity contribution in [3.05, 3.63) is 39.3 Å². The molecule has 1 aliphatic heterocycles. The van der Waals surface area contributed by atoms with Crippen LogP contribution in [0.25, 0.3) is 0 Å². The predicted octanol–water partition coefficient (Wildman–Crippen LogP) is 2.65. The molecule has 2 aromatic rings. The van der Waals surface area contributed by atoms with Gasteiger partial charge in [0.05, 0.1) is 22.3 Å². The zero-order valence-electron chi connectivity index (χ0n) is 16.0. The Morgan fingerprint density at radius 1 is 1.30 bits per heavy atom. The number of carboxylic acids is 1. The fourth-order valence-corrected chi connectivity index (χ4v) is 4.10. The van der Waals surface area contributed by atoms with Crippen LogP contribution in [0.2, 0.25) is 10.0 Å². The maximum Gasteiger partial charge on any atom is 0.360 e. The molecule has 3 rings (SSSR count). The Kier molecular flexibility index (Phi) is 7.48. The van der Waals surface area contributed by atoms with Gasteiger partial charge in [-0.2, -0.15) is 0 Å². The topological polar surface area (TPSA) is 107 Å². The first kappa shape index (κ1) is 22.3. The van der Waals surface area contributed by atoms with E-state index in [2.05, 4.69) is 25.2 Å². The number of hydrogen-bond acceptors (Lipinski definition) is 8. The molecule has 1 aromatic carbocycles. The van der Waals surface area contributed by atoms with E-state index in [-0.39, 0.29) is 23.9 Å². The van der Waals surface area contributed by atoms with Crippen LogP contribution >= 0.6 is 34.5 Å². The van der Waals surface area contributed by atoms with E-state index in [1.807, 2.05) is 17.0 Å². The molecule has 1 saturated heterocycles. The number of nitrogens with zero attached hydrogens (tertiary/aromatic N) is 4. The second kappa shape index (κ2) is 10.1. The molecule has 0 aliphatic carbocycles. The minimum absolute atomic E-state index is 0.122. The highest BCUT2D eigenvalue weighted by Crippen LogP contribution is 2.32. The number of carboxylic acid groups (broad SMARTS) is 1. The zero-order chi connectivity index (χ0) is 21.7. The van der Waals surface area contributed by atoms with E-state index in [1.165, 1.54) is 12.5 Å². The van der Waals surface area contributed by atoms with E-state index in [0.29, 0.717) is 41.4 Å². The normalized spacial score (nSPS) is 15.2. The minimum atomic E-state index is -1.27. The monoisotopic (exact) mass is 471 g/mol. The summed E-state index contributed by atoms with van der Waals surface area (Å²) in [6.07, 6.45) is 0. The number of nitrogens with one attached hydrogen (secondary N) is 1. The van der Waals surface area contributed by atoms with E-state index in [9.17, 15) is 9.59 Å². The maximum atomic E-state index is 12.4. The van der Waals surface area contributed by atoms with Gasteiger partial charge in [0.1, 0.15) is 12.8 Å². The van der Waals surface area contributed by atoms with Gasteiger partial charge in [-0.1, -0.05) is 34.4 Å². The van der Waals surface area contributed by atoms with Crippen molar-refractivity contribution in [3.63, 3.8) is 0 Å². The molecule has 2 heterocycles. The van der Waals surface area contributed by atoms with E-state index >= 15 is 0 Å². The van der Waals surface area contributed by atoms with E-state index in [4.69, 9.17) is 28.3 Å². The van der Waals surface area contributed by atoms with Crippen molar-refractivity contribution < 1.29 is 19.5 Å². The number of oxime groups is 1. The van der Waals surface area contributed by atoms with E-state index in [1.54, 1.807) is 6.07 Å². The summed E-state index contributed by atoms with van der Waals surface area (Å²) in [6.45, 7) is 2.99. The smallest absolute Gasteiger partial charge is 0.360 e. The molecule has 12 heteroatoms. The zero-order valence-corrected chi connectivity index (χ0v) is 18.3. The molecule has 0 spiro atoms. The number of carbonyl (C=O) groups excluding carboxylic acids is 1. The molecule has 0 radical (unpaired) electrons. The van der Waals surface area contributed by atoms with Gasteiger partial charge in [-0.3, -0.25) is 9.69 Å². The average molecular weight is 472 g/mol. The van der Waals surface area contributed by atoms with Gasteiger partial charge < -0.3 is 20.2 Å². The molecule has 0 saturated carbocycles. The summed E-state index contributed by atoms with van der Waals surface area (Å²) < 4.78 is 0. The Balaban J connectivity index is 1.53. The molecule has 9 nitrogen and oxygen atoms in total. The number of anilines is 2. The van der Waals surface area contributed by atoms with E-state index in [0.717, 1.165) is 17.0 Å². The number of hydrogen-bond donors (Lipinski definition) is 2. The van der Waals surface area contributed by atoms with Crippen LogP contribution in [0.4, 0.5) is 10.8 Å². The second-order valence-electron chi connectivity index (χ2n) is 6.35. The third kappa shape index (κ3) is 5.39. The fourth-order valence-electron chi connectivity index (χ4n) is 2.97. The van der Waals surface area contributed by atoms with Crippen molar-refractivity contribution in [2.24, 2.45) is 5.16 Å². The molecule has 2 N–H and O–H groups in total. The summed E-state index contributed by atoms with van der Waals surface area (Å²) >= 11 is 13.5. The van der Waals surface area contributed by atoms with Crippen LogP contribution in [-0.2, 0) is 14.4 Å². The molecule has 1 aromatic heterocycles. The van der Waals surface area contributed by atoms with Crippen molar-refractivity contribution in [1.29, 1.82) is 0 Å². The highest BCUT2D eigenvalue weighted by molar-refractivity contribution is 7.14. The highest BCUT2D eigenvalue weighted by Gasteiger charge is 2.22. The Bertz CT molecular complexity index is 960. The summed E-state index contributed by atoms with van der Waals surface area (Å²) in [6, 6.07) is 5.53. The Morgan fingerprint density at radius 2 is 2.03 bits per heavy atom. The largest absolute Gasteiger partial charge is 0.476 e. The number of aliphatic carboxylic acids is 1. The summed E-state index contributed by atoms with van der Waals surface area (Å²) in [5.74, 6) is -1.50. The van der Waals surface area contributed by atoms with Gasteiger partial charge in [-0.15, -0.1) is 11.3 Å². The average Bonchev–Trinajstić information content (AvgIpc) is 3.16. The molecule has 160 valence electrons. The number of amides is 1. The van der Waals surface area contributed by atoms with Crippen LogP contribution in [0, 0.1) is 0 Å². The molecular weight excluding hydrogens is 453 g/mol. The molecule has 1 amide bonds. The lowest BCUT2D eigenvalue weighted by Gasteiger charge is -2.36. The summed E-state index contributed by atoms with van der Waals surface area (Å²) in [5.41, 5.74) is 0.678. The van der Waals surface area contributed by atoms with Crippen LogP contribution in [0.15, 0.2) is 28.7 Å². The molecule has 1 fully saturated rings.